The van der Waals surface area contributed by atoms with Gasteiger partial charge in [-0.2, -0.15) is 0 Å². The number of hydrogen-bond acceptors (Lipinski definition) is 3. The van der Waals surface area contributed by atoms with E-state index in [1.807, 2.05) is 62.6 Å². The van der Waals surface area contributed by atoms with Crippen LogP contribution >= 0.6 is 11.8 Å². The lowest BCUT2D eigenvalue weighted by molar-refractivity contribution is -0.117. The number of carbonyl (C=O) groups excluding carboxylic acids is 2. The highest BCUT2D eigenvalue weighted by atomic mass is 32.2. The topological polar surface area (TPSA) is 58.2 Å². The van der Waals surface area contributed by atoms with Crippen LogP contribution in [-0.4, -0.2) is 18.1 Å². The van der Waals surface area contributed by atoms with Crippen molar-refractivity contribution in [3.8, 4) is 0 Å². The molecule has 4 nitrogen and oxygen atoms in total. The summed E-state index contributed by atoms with van der Waals surface area (Å²) < 4.78 is 0. The lowest BCUT2D eigenvalue weighted by atomic mass is 10.1. The average Bonchev–Trinajstić information content (AvgIpc) is 3.47. The molecular formula is C21H24N2O2S. The van der Waals surface area contributed by atoms with Crippen molar-refractivity contribution in [2.24, 2.45) is 5.92 Å². The Morgan fingerprint density at radius 1 is 1.12 bits per heavy atom. The summed E-state index contributed by atoms with van der Waals surface area (Å²) >= 11 is 1.62. The second kappa shape index (κ2) is 7.96. The highest BCUT2D eigenvalue weighted by molar-refractivity contribution is 7.98. The second-order valence-corrected chi connectivity index (χ2v) is 7.64. The third-order valence-corrected chi connectivity index (χ3v) is 5.39. The average molecular weight is 369 g/mol. The van der Waals surface area contributed by atoms with Crippen molar-refractivity contribution in [2.45, 2.75) is 37.6 Å². The summed E-state index contributed by atoms with van der Waals surface area (Å²) in [5, 5.41) is 5.99. The van der Waals surface area contributed by atoms with Crippen LogP contribution in [0.4, 0.5) is 5.69 Å². The maximum Gasteiger partial charge on any atom is 0.252 e. The molecule has 0 bridgehead atoms. The van der Waals surface area contributed by atoms with Gasteiger partial charge >= 0.3 is 0 Å². The monoisotopic (exact) mass is 368 g/mol. The molecular weight excluding hydrogens is 344 g/mol. The second-order valence-electron chi connectivity index (χ2n) is 6.76. The van der Waals surface area contributed by atoms with Gasteiger partial charge in [0.2, 0.25) is 5.91 Å². The van der Waals surface area contributed by atoms with Crippen LogP contribution in [0.15, 0.2) is 47.4 Å². The van der Waals surface area contributed by atoms with Gasteiger partial charge in [-0.25, -0.2) is 0 Å². The number of amides is 2. The van der Waals surface area contributed by atoms with E-state index in [-0.39, 0.29) is 23.8 Å². The van der Waals surface area contributed by atoms with Gasteiger partial charge in [-0.3, -0.25) is 9.59 Å². The molecule has 3 rings (SSSR count). The number of hydrogen-bond donors (Lipinski definition) is 2. The normalized spacial score (nSPS) is 14.6. The third-order valence-electron chi connectivity index (χ3n) is 4.66. The summed E-state index contributed by atoms with van der Waals surface area (Å²) in [6.45, 7) is 3.91. The van der Waals surface area contributed by atoms with E-state index in [1.165, 1.54) is 0 Å². The minimum atomic E-state index is -0.118. The van der Waals surface area contributed by atoms with E-state index >= 15 is 0 Å². The van der Waals surface area contributed by atoms with Gasteiger partial charge in [-0.1, -0.05) is 18.2 Å². The molecule has 0 aliphatic heterocycles. The molecule has 2 aromatic carbocycles. The van der Waals surface area contributed by atoms with Crippen LogP contribution in [0.3, 0.4) is 0 Å². The van der Waals surface area contributed by atoms with Crippen LogP contribution in [-0.2, 0) is 4.79 Å². The molecule has 1 aliphatic carbocycles. The largest absolute Gasteiger partial charge is 0.346 e. The van der Waals surface area contributed by atoms with Gasteiger partial charge in [0, 0.05) is 22.1 Å². The highest BCUT2D eigenvalue weighted by Crippen LogP contribution is 2.30. The van der Waals surface area contributed by atoms with Crippen molar-refractivity contribution >= 4 is 29.3 Å². The molecule has 0 saturated heterocycles. The summed E-state index contributed by atoms with van der Waals surface area (Å²) in [6, 6.07) is 13.5. The molecule has 0 aromatic heterocycles. The molecule has 0 radical (unpaired) electrons. The summed E-state index contributed by atoms with van der Waals surface area (Å²) in [6.07, 6.45) is 3.98. The van der Waals surface area contributed by atoms with E-state index in [0.29, 0.717) is 5.56 Å². The van der Waals surface area contributed by atoms with Crippen LogP contribution < -0.4 is 10.6 Å². The molecule has 26 heavy (non-hydrogen) atoms. The first-order chi connectivity index (χ1) is 12.5. The molecule has 1 atom stereocenters. The van der Waals surface area contributed by atoms with Crippen molar-refractivity contribution < 1.29 is 9.59 Å². The number of rotatable bonds is 6. The number of nitrogens with one attached hydrogen (secondary N) is 2. The lowest BCUT2D eigenvalue weighted by Crippen LogP contribution is -2.27. The molecule has 0 heterocycles. The van der Waals surface area contributed by atoms with E-state index in [1.54, 1.807) is 11.8 Å². The van der Waals surface area contributed by atoms with Crippen LogP contribution in [0.1, 0.15) is 47.3 Å². The van der Waals surface area contributed by atoms with E-state index in [2.05, 4.69) is 10.6 Å². The van der Waals surface area contributed by atoms with Gasteiger partial charge in [0.25, 0.3) is 5.91 Å². The Balaban J connectivity index is 1.64. The number of anilines is 1. The van der Waals surface area contributed by atoms with E-state index < -0.39 is 0 Å². The Labute approximate surface area is 158 Å². The number of aryl methyl sites for hydroxylation is 1. The molecule has 2 aromatic rings. The Kier molecular flexibility index (Phi) is 5.67. The predicted octanol–water partition coefficient (Wildman–Crippen LogP) is 4.56. The molecule has 2 amide bonds. The van der Waals surface area contributed by atoms with Gasteiger partial charge in [0.15, 0.2) is 0 Å². The van der Waals surface area contributed by atoms with Gasteiger partial charge in [-0.05, 0) is 68.3 Å². The molecule has 5 heteroatoms. The van der Waals surface area contributed by atoms with Crippen molar-refractivity contribution in [3.63, 3.8) is 0 Å². The van der Waals surface area contributed by atoms with Gasteiger partial charge in [0.05, 0.1) is 6.04 Å². The van der Waals surface area contributed by atoms with Crippen LogP contribution in [0, 0.1) is 12.8 Å². The van der Waals surface area contributed by atoms with E-state index in [9.17, 15) is 9.59 Å². The summed E-state index contributed by atoms with van der Waals surface area (Å²) in [5.74, 6) is 0.216. The Bertz CT molecular complexity index is 813. The fraction of sp³-hybridized carbons (Fsp3) is 0.333. The smallest absolute Gasteiger partial charge is 0.252 e. The minimum Gasteiger partial charge on any atom is -0.346 e. The first-order valence-corrected chi connectivity index (χ1v) is 10.1. The first-order valence-electron chi connectivity index (χ1n) is 8.84. The van der Waals surface area contributed by atoms with Crippen molar-refractivity contribution in [2.75, 3.05) is 11.6 Å². The number of thioether (sulfide) groups is 1. The zero-order chi connectivity index (χ0) is 18.7. The van der Waals surface area contributed by atoms with Crippen molar-refractivity contribution in [3.05, 3.63) is 59.2 Å². The van der Waals surface area contributed by atoms with Gasteiger partial charge in [0.1, 0.15) is 0 Å². The minimum absolute atomic E-state index is 0.0722. The first kappa shape index (κ1) is 18.5. The van der Waals surface area contributed by atoms with Crippen LogP contribution in [0.2, 0.25) is 0 Å². The zero-order valence-corrected chi connectivity index (χ0v) is 16.2. The Hall–Kier alpha value is -2.27. The number of carbonyl (C=O) groups is 2. The van der Waals surface area contributed by atoms with Crippen molar-refractivity contribution in [1.82, 2.24) is 5.32 Å². The Morgan fingerprint density at radius 2 is 1.81 bits per heavy atom. The zero-order valence-electron chi connectivity index (χ0n) is 15.3. The molecule has 2 N–H and O–H groups in total. The van der Waals surface area contributed by atoms with Crippen LogP contribution in [0.5, 0.6) is 0 Å². The summed E-state index contributed by atoms with van der Waals surface area (Å²) in [4.78, 5) is 25.5. The Morgan fingerprint density at radius 3 is 2.42 bits per heavy atom. The maximum absolute atomic E-state index is 12.6. The van der Waals surface area contributed by atoms with Crippen molar-refractivity contribution in [1.29, 1.82) is 0 Å². The lowest BCUT2D eigenvalue weighted by Gasteiger charge is -2.16. The molecule has 1 unspecified atom stereocenters. The predicted molar refractivity (Wildman–Crippen MR) is 107 cm³/mol. The molecule has 1 aliphatic rings. The summed E-state index contributed by atoms with van der Waals surface area (Å²) in [7, 11) is 0. The standard InChI is InChI=1S/C21H24N2O2S/c1-13-4-11-18(26-3)12-19(13)21(25)22-14(2)15-7-9-17(10-8-15)23-20(24)16-5-6-16/h4,7-12,14,16H,5-6H2,1-3H3,(H,22,25)(H,23,24). The van der Waals surface area contributed by atoms with Gasteiger partial charge in [-0.15, -0.1) is 11.8 Å². The molecule has 1 fully saturated rings. The SMILES string of the molecule is CSc1ccc(C)c(C(=O)NC(C)c2ccc(NC(=O)C3CC3)cc2)c1. The molecule has 1 saturated carbocycles. The highest BCUT2D eigenvalue weighted by Gasteiger charge is 2.29. The van der Waals surface area contributed by atoms with E-state index in [4.69, 9.17) is 0 Å². The van der Waals surface area contributed by atoms with Crippen LogP contribution in [0.25, 0.3) is 0 Å². The maximum atomic E-state index is 12.6. The fourth-order valence-corrected chi connectivity index (χ4v) is 3.22. The quantitative estimate of drug-likeness (QED) is 0.735. The number of benzene rings is 2. The molecule has 136 valence electrons. The third kappa shape index (κ3) is 4.47. The fourth-order valence-electron chi connectivity index (χ4n) is 2.78. The van der Waals surface area contributed by atoms with E-state index in [0.717, 1.165) is 34.6 Å². The summed E-state index contributed by atoms with van der Waals surface area (Å²) in [5.41, 5.74) is 3.47. The van der Waals surface area contributed by atoms with Gasteiger partial charge < -0.3 is 10.6 Å². The molecule has 0 spiro atoms.